The Balaban J connectivity index is 1.10. The predicted molar refractivity (Wildman–Crippen MR) is 235 cm³/mol. The molecule has 2 aliphatic heterocycles. The first-order chi connectivity index (χ1) is 29.8. The van der Waals surface area contributed by atoms with Gasteiger partial charge < -0.3 is 30.2 Å². The lowest BCUT2D eigenvalue weighted by Crippen LogP contribution is -2.70. The molecule has 1 saturated heterocycles. The maximum absolute atomic E-state index is 14.3. The molecule has 4 amide bonds. The molecule has 3 N–H and O–H groups in total. The number of amides is 4. The van der Waals surface area contributed by atoms with Gasteiger partial charge in [0, 0.05) is 24.2 Å². The number of nitrogens with zero attached hydrogens (tertiary/aromatic N) is 5. The number of ether oxygens (including phenoxy) is 3. The van der Waals surface area contributed by atoms with Gasteiger partial charge in [-0.3, -0.25) is 19.3 Å². The standard InChI is InChI=1S/C44H50N8O9S2/c1-43(2,3)60-39(56)31(46-42(58)61-44(4,5)6)23-33(54)45-30-20-18-26(19-21-30)22-32(53)47-34-37(55)52-35(29(24-62-38(34)52)25-63-41-48-49-50-51(41)7)40(57)59-36(27-14-10-8-11-15-27)28-16-12-9-13-17-28/h8-21,31,34,36,38H,22-25H2,1-7H3,(H,45,54)(H,46,58)(H,47,53)/t31-,34-,38-/m1/s1. The van der Waals surface area contributed by atoms with Gasteiger partial charge in [0.15, 0.2) is 6.10 Å². The van der Waals surface area contributed by atoms with Crippen molar-refractivity contribution in [2.24, 2.45) is 7.05 Å². The number of carbonyl (C=O) groups is 6. The van der Waals surface area contributed by atoms with E-state index < -0.39 is 76.9 Å². The molecule has 3 aromatic carbocycles. The van der Waals surface area contributed by atoms with Gasteiger partial charge in [0.25, 0.3) is 5.91 Å². The maximum atomic E-state index is 14.3. The molecule has 2 aliphatic rings. The lowest BCUT2D eigenvalue weighted by molar-refractivity contribution is -0.158. The summed E-state index contributed by atoms with van der Waals surface area (Å²) in [5.74, 6) is -2.23. The molecule has 19 heteroatoms. The van der Waals surface area contributed by atoms with Crippen molar-refractivity contribution in [3.63, 3.8) is 0 Å². The summed E-state index contributed by atoms with van der Waals surface area (Å²) >= 11 is 2.76. The Kier molecular flexibility index (Phi) is 14.6. The zero-order valence-electron chi connectivity index (χ0n) is 35.9. The highest BCUT2D eigenvalue weighted by Crippen LogP contribution is 2.43. The van der Waals surface area contributed by atoms with Crippen LogP contribution in [-0.2, 0) is 51.7 Å². The fourth-order valence-corrected chi connectivity index (χ4v) is 8.89. The predicted octanol–water partition coefficient (Wildman–Crippen LogP) is 5.10. The molecular formula is C44H50N8O9S2. The lowest BCUT2D eigenvalue weighted by atomic mass is 10.0. The van der Waals surface area contributed by atoms with Crippen molar-refractivity contribution in [3.05, 3.63) is 113 Å². The summed E-state index contributed by atoms with van der Waals surface area (Å²) in [6.45, 7) is 10.0. The van der Waals surface area contributed by atoms with Gasteiger partial charge in [0.2, 0.25) is 17.0 Å². The Morgan fingerprint density at radius 2 is 1.48 bits per heavy atom. The monoisotopic (exact) mass is 898 g/mol. The SMILES string of the molecule is Cn1nnnc1SCC1=C(C(=O)OC(c2ccccc2)c2ccccc2)N2C(=O)[C@@H](NC(=O)Cc3ccc(NC(=O)C[C@@H](NC(=O)OC(C)(C)C)C(=O)OC(C)(C)C)cc3)[C@H]2SC1. The molecule has 4 aromatic rings. The smallest absolute Gasteiger partial charge is 0.408 e. The van der Waals surface area contributed by atoms with Crippen molar-refractivity contribution in [2.75, 3.05) is 16.8 Å². The summed E-state index contributed by atoms with van der Waals surface area (Å²) in [6, 6.07) is 23.0. The molecule has 0 unspecified atom stereocenters. The number of β-lactam (4-membered cyclic amide) rings is 1. The van der Waals surface area contributed by atoms with E-state index in [4.69, 9.17) is 14.2 Å². The first-order valence-corrected chi connectivity index (χ1v) is 22.1. The topological polar surface area (TPSA) is 213 Å². The van der Waals surface area contributed by atoms with Crippen LogP contribution in [0.1, 0.15) is 70.8 Å². The minimum absolute atomic E-state index is 0.0793. The molecule has 3 heterocycles. The number of tetrazole rings is 1. The Morgan fingerprint density at radius 3 is 2.05 bits per heavy atom. The molecule has 0 saturated carbocycles. The second-order valence-corrected chi connectivity index (χ2v) is 18.8. The van der Waals surface area contributed by atoms with Crippen LogP contribution in [-0.4, -0.2) is 101 Å². The number of rotatable bonds is 15. The molecule has 0 bridgehead atoms. The highest BCUT2D eigenvalue weighted by molar-refractivity contribution is 8.01. The fourth-order valence-electron chi connectivity index (χ4n) is 6.55. The molecule has 332 valence electrons. The van der Waals surface area contributed by atoms with Crippen molar-refractivity contribution in [2.45, 2.75) is 94.3 Å². The van der Waals surface area contributed by atoms with Gasteiger partial charge in [-0.05, 0) is 86.4 Å². The Hall–Kier alpha value is -6.21. The van der Waals surface area contributed by atoms with Gasteiger partial charge in [0.1, 0.15) is 34.4 Å². The average molecular weight is 899 g/mol. The van der Waals surface area contributed by atoms with Gasteiger partial charge >= 0.3 is 18.0 Å². The minimum atomic E-state index is -1.32. The van der Waals surface area contributed by atoms with E-state index in [-0.39, 0.29) is 12.1 Å². The number of carbonyl (C=O) groups excluding carboxylic acids is 6. The lowest BCUT2D eigenvalue weighted by Gasteiger charge is -2.49. The fraction of sp³-hybridized carbons (Fsp3) is 0.386. The summed E-state index contributed by atoms with van der Waals surface area (Å²) in [6.07, 6.45) is -2.14. The number of hydrogen-bond acceptors (Lipinski definition) is 14. The van der Waals surface area contributed by atoms with Gasteiger partial charge in [0.05, 0.1) is 12.8 Å². The molecule has 3 atom stereocenters. The summed E-state index contributed by atoms with van der Waals surface area (Å²) in [7, 11) is 1.71. The number of alkyl carbamates (subject to hydrolysis) is 1. The molecule has 1 fully saturated rings. The third-order valence-corrected chi connectivity index (χ3v) is 11.8. The minimum Gasteiger partial charge on any atom is -0.458 e. The molecular weight excluding hydrogens is 849 g/mol. The molecule has 63 heavy (non-hydrogen) atoms. The third-order valence-electron chi connectivity index (χ3n) is 9.32. The van der Waals surface area contributed by atoms with Crippen LogP contribution >= 0.6 is 23.5 Å². The van der Waals surface area contributed by atoms with Crippen molar-refractivity contribution in [1.82, 2.24) is 35.7 Å². The van der Waals surface area contributed by atoms with Crippen LogP contribution in [0, 0.1) is 0 Å². The summed E-state index contributed by atoms with van der Waals surface area (Å²) in [5.41, 5.74) is 1.59. The van der Waals surface area contributed by atoms with Crippen molar-refractivity contribution < 1.29 is 43.0 Å². The van der Waals surface area contributed by atoms with Crippen molar-refractivity contribution >= 4 is 65.0 Å². The first kappa shape index (κ1) is 46.3. The molecule has 1 aromatic heterocycles. The third kappa shape index (κ3) is 12.5. The normalized spacial score (nSPS) is 16.6. The summed E-state index contributed by atoms with van der Waals surface area (Å²) in [4.78, 5) is 81.5. The number of anilines is 1. The van der Waals surface area contributed by atoms with E-state index in [1.807, 2.05) is 60.7 Å². The molecule has 0 spiro atoms. The Bertz CT molecular complexity index is 2310. The number of hydrogen-bond donors (Lipinski definition) is 3. The largest absolute Gasteiger partial charge is 0.458 e. The number of fused-ring (bicyclic) bond motifs is 1. The number of aromatic nitrogens is 4. The Labute approximate surface area is 373 Å². The number of benzene rings is 3. The zero-order chi connectivity index (χ0) is 45.5. The van der Waals surface area contributed by atoms with Crippen molar-refractivity contribution in [3.8, 4) is 0 Å². The van der Waals surface area contributed by atoms with Crippen LogP contribution in [0.4, 0.5) is 10.5 Å². The van der Waals surface area contributed by atoms with Gasteiger partial charge in [-0.25, -0.2) is 19.1 Å². The van der Waals surface area contributed by atoms with Crippen LogP contribution in [0.5, 0.6) is 0 Å². The molecule has 0 aliphatic carbocycles. The zero-order valence-corrected chi connectivity index (χ0v) is 37.6. The molecule has 17 nitrogen and oxygen atoms in total. The van der Waals surface area contributed by atoms with Crippen molar-refractivity contribution in [1.29, 1.82) is 0 Å². The van der Waals surface area contributed by atoms with E-state index in [1.165, 1.54) is 33.1 Å². The number of thioether (sulfide) groups is 2. The van der Waals surface area contributed by atoms with E-state index in [2.05, 4.69) is 31.5 Å². The van der Waals surface area contributed by atoms with Gasteiger partial charge in [-0.1, -0.05) is 84.6 Å². The average Bonchev–Trinajstić information content (AvgIpc) is 3.64. The summed E-state index contributed by atoms with van der Waals surface area (Å²) < 4.78 is 18.5. The van der Waals surface area contributed by atoms with Gasteiger partial charge in [-0.15, -0.1) is 16.9 Å². The van der Waals surface area contributed by atoms with E-state index >= 15 is 0 Å². The highest BCUT2D eigenvalue weighted by Gasteiger charge is 2.54. The molecule has 0 radical (unpaired) electrons. The van der Waals surface area contributed by atoms with Crippen LogP contribution < -0.4 is 16.0 Å². The molecule has 6 rings (SSSR count). The highest BCUT2D eigenvalue weighted by atomic mass is 32.2. The van der Waals surface area contributed by atoms with Crippen LogP contribution in [0.25, 0.3) is 0 Å². The quantitative estimate of drug-likeness (QED) is 0.0614. The van der Waals surface area contributed by atoms with E-state index in [0.717, 1.165) is 11.1 Å². The first-order valence-electron chi connectivity index (χ1n) is 20.1. The van der Waals surface area contributed by atoms with Crippen LogP contribution in [0.15, 0.2) is 101 Å². The second-order valence-electron chi connectivity index (χ2n) is 16.7. The maximum Gasteiger partial charge on any atom is 0.408 e. The Morgan fingerprint density at radius 1 is 0.857 bits per heavy atom. The van der Waals surface area contributed by atoms with Crippen LogP contribution in [0.3, 0.4) is 0 Å². The van der Waals surface area contributed by atoms with E-state index in [9.17, 15) is 28.8 Å². The van der Waals surface area contributed by atoms with E-state index in [1.54, 1.807) is 72.9 Å². The number of aryl methyl sites for hydroxylation is 1. The summed E-state index contributed by atoms with van der Waals surface area (Å²) in [5, 5.41) is 19.6. The number of esters is 2. The second kappa shape index (κ2) is 19.9. The van der Waals surface area contributed by atoms with E-state index in [0.29, 0.717) is 33.5 Å². The van der Waals surface area contributed by atoms with Crippen LogP contribution in [0.2, 0.25) is 0 Å². The number of nitrogens with one attached hydrogen (secondary N) is 3. The van der Waals surface area contributed by atoms with Gasteiger partial charge in [-0.2, -0.15) is 0 Å².